The van der Waals surface area contributed by atoms with Crippen LogP contribution >= 0.6 is 11.3 Å². The topological polar surface area (TPSA) is 41.9 Å². The molecule has 4 rings (SSSR count). The van der Waals surface area contributed by atoms with E-state index in [0.717, 1.165) is 17.2 Å². The number of hydrogen-bond donors (Lipinski definition) is 0. The van der Waals surface area contributed by atoms with Crippen LogP contribution in [0.3, 0.4) is 0 Å². The Bertz CT molecular complexity index is 800. The van der Waals surface area contributed by atoms with Gasteiger partial charge >= 0.3 is 0 Å². The number of benzene rings is 1. The van der Waals surface area contributed by atoms with Gasteiger partial charge < -0.3 is 0 Å². The number of hydrogen-bond acceptors (Lipinski definition) is 5. The fourth-order valence-electron chi connectivity index (χ4n) is 3.25. The summed E-state index contributed by atoms with van der Waals surface area (Å²) in [6.07, 6.45) is 5.87. The first-order valence-electron chi connectivity index (χ1n) is 7.81. The lowest BCUT2D eigenvalue weighted by Gasteiger charge is -2.24. The van der Waals surface area contributed by atoms with Crippen molar-refractivity contribution in [1.82, 2.24) is 19.9 Å². The molecule has 1 unspecified atom stereocenters. The van der Waals surface area contributed by atoms with Gasteiger partial charge in [-0.15, -0.1) is 11.3 Å². The predicted octanol–water partition coefficient (Wildman–Crippen LogP) is 3.72. The molecule has 3 aromatic rings. The normalized spacial score (nSPS) is 16.7. The molecule has 4 nitrogen and oxygen atoms in total. The molecule has 0 amide bonds. The largest absolute Gasteiger partial charge is 0.293 e. The maximum Gasteiger partial charge on any atom is 0.188 e. The van der Waals surface area contributed by atoms with Crippen LogP contribution in [-0.2, 0) is 13.0 Å². The summed E-state index contributed by atoms with van der Waals surface area (Å²) in [6, 6.07) is 11.1. The van der Waals surface area contributed by atoms with Gasteiger partial charge in [-0.25, -0.2) is 15.0 Å². The minimum Gasteiger partial charge on any atom is -0.293 e. The summed E-state index contributed by atoms with van der Waals surface area (Å²) >= 11 is 1.61. The third kappa shape index (κ3) is 2.90. The number of aryl methyl sites for hydroxylation is 1. The molecule has 116 valence electrons. The van der Waals surface area contributed by atoms with Gasteiger partial charge in [0, 0.05) is 30.4 Å². The van der Waals surface area contributed by atoms with E-state index in [1.807, 2.05) is 6.07 Å². The minimum absolute atomic E-state index is 0.490. The summed E-state index contributed by atoms with van der Waals surface area (Å²) in [7, 11) is 2.19. The van der Waals surface area contributed by atoms with Crippen LogP contribution in [0.15, 0.2) is 48.1 Å². The van der Waals surface area contributed by atoms with Crippen LogP contribution in [0.2, 0.25) is 0 Å². The molecule has 2 heterocycles. The monoisotopic (exact) mass is 322 g/mol. The van der Waals surface area contributed by atoms with Crippen molar-refractivity contribution in [1.29, 1.82) is 0 Å². The number of nitrogens with zero attached hydrogens (tertiary/aromatic N) is 4. The van der Waals surface area contributed by atoms with E-state index in [1.54, 1.807) is 23.7 Å². The highest BCUT2D eigenvalue weighted by Crippen LogP contribution is 2.35. The minimum atomic E-state index is 0.490. The zero-order valence-corrected chi connectivity index (χ0v) is 13.8. The summed E-state index contributed by atoms with van der Waals surface area (Å²) in [5, 5.41) is 3.00. The second-order valence-corrected chi connectivity index (χ2v) is 6.74. The average Bonchev–Trinajstić information content (AvgIpc) is 3.22. The molecule has 1 atom stereocenters. The van der Waals surface area contributed by atoms with Gasteiger partial charge in [-0.2, -0.15) is 0 Å². The summed E-state index contributed by atoms with van der Waals surface area (Å²) < 4.78 is 0. The van der Waals surface area contributed by atoms with Gasteiger partial charge in [0.1, 0.15) is 0 Å². The zero-order valence-electron chi connectivity index (χ0n) is 13.0. The Kier molecular flexibility index (Phi) is 3.89. The van der Waals surface area contributed by atoms with E-state index in [2.05, 4.69) is 51.6 Å². The van der Waals surface area contributed by atoms with Gasteiger partial charge in [0.25, 0.3) is 0 Å². The summed E-state index contributed by atoms with van der Waals surface area (Å²) in [4.78, 5) is 15.6. The zero-order chi connectivity index (χ0) is 15.6. The Morgan fingerprint density at radius 2 is 2.00 bits per heavy atom. The molecule has 23 heavy (non-hydrogen) atoms. The average molecular weight is 322 g/mol. The van der Waals surface area contributed by atoms with E-state index in [0.29, 0.717) is 11.9 Å². The number of thiazole rings is 1. The molecule has 0 saturated heterocycles. The molecule has 0 fully saturated rings. The van der Waals surface area contributed by atoms with Gasteiger partial charge in [0.15, 0.2) is 10.8 Å². The molecular formula is C18H18N4S. The van der Waals surface area contributed by atoms with Crippen molar-refractivity contribution in [2.75, 3.05) is 7.05 Å². The quantitative estimate of drug-likeness (QED) is 0.734. The molecular weight excluding hydrogens is 304 g/mol. The highest BCUT2D eigenvalue weighted by Gasteiger charge is 2.25. The summed E-state index contributed by atoms with van der Waals surface area (Å²) in [5.41, 5.74) is 4.04. The molecule has 0 aliphatic heterocycles. The van der Waals surface area contributed by atoms with E-state index in [1.165, 1.54) is 24.0 Å². The van der Waals surface area contributed by atoms with E-state index in [-0.39, 0.29) is 0 Å². The molecule has 0 radical (unpaired) electrons. The van der Waals surface area contributed by atoms with Gasteiger partial charge in [-0.3, -0.25) is 4.90 Å². The molecule has 0 N–H and O–H groups in total. The van der Waals surface area contributed by atoms with E-state index < -0.39 is 0 Å². The second kappa shape index (κ2) is 6.18. The van der Waals surface area contributed by atoms with Crippen LogP contribution < -0.4 is 0 Å². The molecule has 0 saturated carbocycles. The highest BCUT2D eigenvalue weighted by molar-refractivity contribution is 7.13. The van der Waals surface area contributed by atoms with E-state index in [9.17, 15) is 0 Å². The predicted molar refractivity (Wildman–Crippen MR) is 92.1 cm³/mol. The molecule has 0 spiro atoms. The Morgan fingerprint density at radius 3 is 2.87 bits per heavy atom. The molecule has 5 heteroatoms. The van der Waals surface area contributed by atoms with Crippen molar-refractivity contribution < 1.29 is 0 Å². The van der Waals surface area contributed by atoms with Gasteiger partial charge in [-0.05, 0) is 37.1 Å². The smallest absolute Gasteiger partial charge is 0.188 e. The lowest BCUT2D eigenvalue weighted by molar-refractivity contribution is 0.234. The van der Waals surface area contributed by atoms with Crippen molar-refractivity contribution in [3.05, 3.63) is 64.9 Å². The standard InChI is InChI=1S/C18H18N4S/c1-22(16-8-7-13-5-2-3-6-15(13)16)11-14-12-23-18(21-14)17-19-9-4-10-20-17/h2-6,9-10,12,16H,7-8,11H2,1H3. The maximum absolute atomic E-state index is 4.70. The summed E-state index contributed by atoms with van der Waals surface area (Å²) in [6.45, 7) is 0.850. The van der Waals surface area contributed by atoms with Crippen LogP contribution in [0.25, 0.3) is 10.8 Å². The number of fused-ring (bicyclic) bond motifs is 1. The first-order valence-corrected chi connectivity index (χ1v) is 8.69. The van der Waals surface area contributed by atoms with Crippen LogP contribution in [0.5, 0.6) is 0 Å². The number of aromatic nitrogens is 3. The molecule has 1 aliphatic carbocycles. The number of rotatable bonds is 4. The van der Waals surface area contributed by atoms with Crippen LogP contribution in [-0.4, -0.2) is 26.9 Å². The lowest BCUT2D eigenvalue weighted by Crippen LogP contribution is -2.22. The Balaban J connectivity index is 1.50. The van der Waals surface area contributed by atoms with E-state index in [4.69, 9.17) is 4.98 Å². The fraction of sp³-hybridized carbons (Fsp3) is 0.278. The van der Waals surface area contributed by atoms with Crippen molar-refractivity contribution in [2.24, 2.45) is 0 Å². The molecule has 1 aliphatic rings. The first-order chi connectivity index (χ1) is 11.3. The van der Waals surface area contributed by atoms with Crippen LogP contribution in [0.1, 0.15) is 29.3 Å². The molecule has 0 bridgehead atoms. The van der Waals surface area contributed by atoms with Crippen molar-refractivity contribution in [3.8, 4) is 10.8 Å². The Morgan fingerprint density at radius 1 is 1.17 bits per heavy atom. The first kappa shape index (κ1) is 14.5. The lowest BCUT2D eigenvalue weighted by atomic mass is 10.1. The molecule has 2 aromatic heterocycles. The van der Waals surface area contributed by atoms with Crippen LogP contribution in [0.4, 0.5) is 0 Å². The Labute approximate surface area is 139 Å². The summed E-state index contributed by atoms with van der Waals surface area (Å²) in [5.74, 6) is 0.706. The molecule has 1 aromatic carbocycles. The van der Waals surface area contributed by atoms with Gasteiger partial charge in [0.2, 0.25) is 0 Å². The SMILES string of the molecule is CN(Cc1csc(-c2ncccn2)n1)C1CCc2ccccc21. The highest BCUT2D eigenvalue weighted by atomic mass is 32.1. The van der Waals surface area contributed by atoms with E-state index >= 15 is 0 Å². The van der Waals surface area contributed by atoms with Crippen molar-refractivity contribution in [2.45, 2.75) is 25.4 Å². The van der Waals surface area contributed by atoms with Gasteiger partial charge in [-0.1, -0.05) is 24.3 Å². The maximum atomic E-state index is 4.70. The van der Waals surface area contributed by atoms with Crippen molar-refractivity contribution >= 4 is 11.3 Å². The third-order valence-corrected chi connectivity index (χ3v) is 5.24. The van der Waals surface area contributed by atoms with Crippen LogP contribution in [0, 0.1) is 0 Å². The van der Waals surface area contributed by atoms with Crippen molar-refractivity contribution in [3.63, 3.8) is 0 Å². The fourth-order valence-corrected chi connectivity index (χ4v) is 4.01. The Hall–Kier alpha value is -2.11. The van der Waals surface area contributed by atoms with Gasteiger partial charge in [0.05, 0.1) is 5.69 Å². The second-order valence-electron chi connectivity index (χ2n) is 5.88. The third-order valence-electron chi connectivity index (χ3n) is 4.35.